The minimum atomic E-state index is -0.416. The van der Waals surface area contributed by atoms with Gasteiger partial charge < -0.3 is 10.2 Å². The van der Waals surface area contributed by atoms with Crippen LogP contribution in [0.1, 0.15) is 0 Å². The van der Waals surface area contributed by atoms with E-state index in [1.807, 2.05) is 43.3 Å². The van der Waals surface area contributed by atoms with Crippen molar-refractivity contribution >= 4 is 17.2 Å². The second kappa shape index (κ2) is 5.56. The maximum absolute atomic E-state index is 10.9. The normalized spacial score (nSPS) is 10.2. The molecule has 20 heavy (non-hydrogen) atoms. The number of aromatic nitrogens is 1. The van der Waals surface area contributed by atoms with Crippen molar-refractivity contribution < 1.29 is 4.92 Å². The number of pyridine rings is 1. The standard InChI is InChI=1S/C14H16N4O2/c1-15-14-9-12(18(19)20)8-13(16-14)10-4-6-11(7-5-10)17(2)3/h4-9H,1-3H3,(H,15,16). The summed E-state index contributed by atoms with van der Waals surface area (Å²) >= 11 is 0. The second-order valence-corrected chi connectivity index (χ2v) is 4.54. The Balaban J connectivity index is 2.45. The van der Waals surface area contributed by atoms with E-state index < -0.39 is 4.92 Å². The highest BCUT2D eigenvalue weighted by Gasteiger charge is 2.12. The van der Waals surface area contributed by atoms with Gasteiger partial charge in [0.2, 0.25) is 0 Å². The maximum Gasteiger partial charge on any atom is 0.275 e. The predicted octanol–water partition coefficient (Wildman–Crippen LogP) is 2.76. The summed E-state index contributed by atoms with van der Waals surface area (Å²) in [5.41, 5.74) is 2.51. The molecule has 1 aromatic carbocycles. The van der Waals surface area contributed by atoms with Gasteiger partial charge in [0.05, 0.1) is 16.7 Å². The van der Waals surface area contributed by atoms with Crippen molar-refractivity contribution in [2.75, 3.05) is 31.4 Å². The summed E-state index contributed by atoms with van der Waals surface area (Å²) in [6, 6.07) is 10.6. The van der Waals surface area contributed by atoms with Gasteiger partial charge >= 0.3 is 0 Å². The number of nitrogens with zero attached hydrogens (tertiary/aromatic N) is 3. The van der Waals surface area contributed by atoms with Gasteiger partial charge in [-0.25, -0.2) is 4.98 Å². The lowest BCUT2D eigenvalue weighted by Crippen LogP contribution is -2.08. The molecule has 1 N–H and O–H groups in total. The van der Waals surface area contributed by atoms with Gasteiger partial charge in [-0.3, -0.25) is 10.1 Å². The van der Waals surface area contributed by atoms with Crippen molar-refractivity contribution in [2.45, 2.75) is 0 Å². The number of rotatable bonds is 4. The Hall–Kier alpha value is -2.63. The fraction of sp³-hybridized carbons (Fsp3) is 0.214. The molecule has 0 bridgehead atoms. The van der Waals surface area contributed by atoms with Crippen LogP contribution in [-0.2, 0) is 0 Å². The van der Waals surface area contributed by atoms with Crippen LogP contribution in [0.15, 0.2) is 36.4 Å². The summed E-state index contributed by atoms with van der Waals surface area (Å²) in [7, 11) is 5.60. The highest BCUT2D eigenvalue weighted by Crippen LogP contribution is 2.26. The molecule has 0 saturated heterocycles. The van der Waals surface area contributed by atoms with Gasteiger partial charge in [0.1, 0.15) is 5.82 Å². The molecule has 0 aliphatic heterocycles. The lowest BCUT2D eigenvalue weighted by molar-refractivity contribution is -0.384. The van der Waals surface area contributed by atoms with Gasteiger partial charge in [0.15, 0.2) is 0 Å². The molecule has 2 aromatic rings. The van der Waals surface area contributed by atoms with E-state index in [9.17, 15) is 10.1 Å². The third-order valence-electron chi connectivity index (χ3n) is 2.96. The molecule has 1 aromatic heterocycles. The maximum atomic E-state index is 10.9. The molecule has 6 heteroatoms. The van der Waals surface area contributed by atoms with Crippen LogP contribution in [0.4, 0.5) is 17.2 Å². The van der Waals surface area contributed by atoms with Gasteiger partial charge in [-0.2, -0.15) is 0 Å². The molecular formula is C14H16N4O2. The highest BCUT2D eigenvalue weighted by atomic mass is 16.6. The van der Waals surface area contributed by atoms with E-state index in [1.54, 1.807) is 7.05 Å². The number of nitrogens with one attached hydrogen (secondary N) is 1. The van der Waals surface area contributed by atoms with Crippen molar-refractivity contribution in [3.63, 3.8) is 0 Å². The molecule has 0 radical (unpaired) electrons. The lowest BCUT2D eigenvalue weighted by Gasteiger charge is -2.12. The molecule has 0 atom stereocenters. The third kappa shape index (κ3) is 2.85. The third-order valence-corrected chi connectivity index (χ3v) is 2.96. The zero-order chi connectivity index (χ0) is 14.7. The van der Waals surface area contributed by atoms with Crippen molar-refractivity contribution in [1.29, 1.82) is 0 Å². The number of benzene rings is 1. The SMILES string of the molecule is CNc1cc([N+](=O)[O-])cc(-c2ccc(N(C)C)cc2)n1. The molecule has 2 rings (SSSR count). The summed E-state index contributed by atoms with van der Waals surface area (Å²) in [6.07, 6.45) is 0. The minimum absolute atomic E-state index is 0.0241. The molecule has 0 aliphatic rings. The quantitative estimate of drug-likeness (QED) is 0.684. The summed E-state index contributed by atoms with van der Waals surface area (Å²) in [5, 5.41) is 13.8. The number of nitro groups is 1. The number of anilines is 2. The molecule has 1 heterocycles. The van der Waals surface area contributed by atoms with Crippen LogP contribution in [0.25, 0.3) is 11.3 Å². The Bertz CT molecular complexity index is 624. The van der Waals surface area contributed by atoms with Crippen LogP contribution in [0.2, 0.25) is 0 Å². The molecule has 0 spiro atoms. The zero-order valence-electron chi connectivity index (χ0n) is 11.6. The van der Waals surface area contributed by atoms with Crippen molar-refractivity contribution in [3.05, 3.63) is 46.5 Å². The Morgan fingerprint density at radius 1 is 1.20 bits per heavy atom. The highest BCUT2D eigenvalue weighted by molar-refractivity contribution is 5.67. The smallest absolute Gasteiger partial charge is 0.275 e. The van der Waals surface area contributed by atoms with E-state index in [0.717, 1.165) is 11.3 Å². The van der Waals surface area contributed by atoms with E-state index in [4.69, 9.17) is 0 Å². The van der Waals surface area contributed by atoms with E-state index in [0.29, 0.717) is 11.5 Å². The molecule has 6 nitrogen and oxygen atoms in total. The molecule has 0 aliphatic carbocycles. The van der Waals surface area contributed by atoms with Gasteiger partial charge in [0, 0.05) is 38.5 Å². The van der Waals surface area contributed by atoms with Crippen LogP contribution < -0.4 is 10.2 Å². The fourth-order valence-corrected chi connectivity index (χ4v) is 1.83. The van der Waals surface area contributed by atoms with E-state index in [-0.39, 0.29) is 5.69 Å². The second-order valence-electron chi connectivity index (χ2n) is 4.54. The average molecular weight is 272 g/mol. The van der Waals surface area contributed by atoms with Crippen LogP contribution in [0.5, 0.6) is 0 Å². The summed E-state index contributed by atoms with van der Waals surface area (Å²) in [5.74, 6) is 0.478. The molecule has 0 saturated carbocycles. The van der Waals surface area contributed by atoms with Gasteiger partial charge in [-0.05, 0) is 12.1 Å². The van der Waals surface area contributed by atoms with Crippen LogP contribution in [0.3, 0.4) is 0 Å². The first-order valence-electron chi connectivity index (χ1n) is 6.13. The number of hydrogen-bond acceptors (Lipinski definition) is 5. The van der Waals surface area contributed by atoms with E-state index >= 15 is 0 Å². The zero-order valence-corrected chi connectivity index (χ0v) is 11.6. The van der Waals surface area contributed by atoms with Crippen molar-refractivity contribution in [3.8, 4) is 11.3 Å². The molecule has 104 valence electrons. The van der Waals surface area contributed by atoms with Gasteiger partial charge in [0.25, 0.3) is 5.69 Å². The monoisotopic (exact) mass is 272 g/mol. The van der Waals surface area contributed by atoms with E-state index in [2.05, 4.69) is 10.3 Å². The Morgan fingerprint density at radius 3 is 2.35 bits per heavy atom. The van der Waals surface area contributed by atoms with Gasteiger partial charge in [-0.1, -0.05) is 12.1 Å². The first-order valence-corrected chi connectivity index (χ1v) is 6.13. The Morgan fingerprint density at radius 2 is 1.85 bits per heavy atom. The van der Waals surface area contributed by atoms with Crippen molar-refractivity contribution in [1.82, 2.24) is 4.98 Å². The largest absolute Gasteiger partial charge is 0.378 e. The lowest BCUT2D eigenvalue weighted by atomic mass is 10.1. The summed E-state index contributed by atoms with van der Waals surface area (Å²) in [4.78, 5) is 16.9. The Labute approximate surface area is 117 Å². The van der Waals surface area contributed by atoms with Crippen LogP contribution >= 0.6 is 0 Å². The number of hydrogen-bond donors (Lipinski definition) is 1. The summed E-state index contributed by atoms with van der Waals surface area (Å²) in [6.45, 7) is 0. The van der Waals surface area contributed by atoms with Crippen LogP contribution in [0, 0.1) is 10.1 Å². The Kier molecular flexibility index (Phi) is 3.84. The van der Waals surface area contributed by atoms with Gasteiger partial charge in [-0.15, -0.1) is 0 Å². The molecule has 0 amide bonds. The first kappa shape index (κ1) is 13.8. The molecule has 0 fully saturated rings. The van der Waals surface area contributed by atoms with E-state index in [1.165, 1.54) is 12.1 Å². The topological polar surface area (TPSA) is 71.3 Å². The molecular weight excluding hydrogens is 256 g/mol. The first-order chi connectivity index (χ1) is 9.51. The predicted molar refractivity (Wildman–Crippen MR) is 80.2 cm³/mol. The molecule has 0 unspecified atom stereocenters. The van der Waals surface area contributed by atoms with Crippen molar-refractivity contribution in [2.24, 2.45) is 0 Å². The summed E-state index contributed by atoms with van der Waals surface area (Å²) < 4.78 is 0. The fourth-order valence-electron chi connectivity index (χ4n) is 1.83. The average Bonchev–Trinajstić information content (AvgIpc) is 2.46. The van der Waals surface area contributed by atoms with Crippen LogP contribution in [-0.4, -0.2) is 31.1 Å². The minimum Gasteiger partial charge on any atom is -0.378 e.